The van der Waals surface area contributed by atoms with Gasteiger partial charge in [0.25, 0.3) is 0 Å². The van der Waals surface area contributed by atoms with E-state index >= 15 is 0 Å². The molecule has 5 heteroatoms. The first-order chi connectivity index (χ1) is 12.9. The molecule has 1 N–H and O–H groups in total. The summed E-state index contributed by atoms with van der Waals surface area (Å²) in [6.45, 7) is 4.46. The van der Waals surface area contributed by atoms with E-state index in [2.05, 4.69) is 5.32 Å². The van der Waals surface area contributed by atoms with E-state index in [1.165, 1.54) is 6.07 Å². The lowest BCUT2D eigenvalue weighted by Crippen LogP contribution is -2.47. The lowest BCUT2D eigenvalue weighted by atomic mass is 10.0. The number of amides is 2. The van der Waals surface area contributed by atoms with Gasteiger partial charge in [-0.25, -0.2) is 4.39 Å². The maximum atomic E-state index is 13.8. The zero-order valence-corrected chi connectivity index (χ0v) is 15.7. The molecule has 0 unspecified atom stereocenters. The summed E-state index contributed by atoms with van der Waals surface area (Å²) in [4.78, 5) is 27.7. The molecular weight excluding hydrogens is 343 g/mol. The van der Waals surface area contributed by atoms with Crippen molar-refractivity contribution in [1.29, 1.82) is 0 Å². The molecule has 27 heavy (non-hydrogen) atoms. The molecule has 0 bridgehead atoms. The van der Waals surface area contributed by atoms with Crippen molar-refractivity contribution < 1.29 is 14.0 Å². The molecule has 1 aliphatic carbocycles. The second-order valence-corrected chi connectivity index (χ2v) is 7.37. The van der Waals surface area contributed by atoms with Crippen LogP contribution in [0.15, 0.2) is 54.6 Å². The topological polar surface area (TPSA) is 49.4 Å². The smallest absolute Gasteiger partial charge is 0.238 e. The van der Waals surface area contributed by atoms with Crippen LogP contribution >= 0.6 is 0 Å². The highest BCUT2D eigenvalue weighted by atomic mass is 19.1. The summed E-state index contributed by atoms with van der Waals surface area (Å²) in [5.41, 5.74) is 0.436. The number of nitrogens with one attached hydrogen (secondary N) is 1. The van der Waals surface area contributed by atoms with E-state index in [4.69, 9.17) is 0 Å². The Morgan fingerprint density at radius 1 is 1.07 bits per heavy atom. The summed E-state index contributed by atoms with van der Waals surface area (Å²) >= 11 is 0. The Labute approximate surface area is 159 Å². The zero-order chi connectivity index (χ0) is 19.4. The fourth-order valence-electron chi connectivity index (χ4n) is 3.19. The van der Waals surface area contributed by atoms with Gasteiger partial charge in [0.15, 0.2) is 0 Å². The van der Waals surface area contributed by atoms with Crippen molar-refractivity contribution in [2.45, 2.75) is 45.8 Å². The first-order valence-corrected chi connectivity index (χ1v) is 9.31. The van der Waals surface area contributed by atoms with Gasteiger partial charge in [0, 0.05) is 24.7 Å². The molecule has 1 fully saturated rings. The van der Waals surface area contributed by atoms with Gasteiger partial charge in [-0.3, -0.25) is 9.59 Å². The van der Waals surface area contributed by atoms with Crippen molar-refractivity contribution in [3.8, 4) is 0 Å². The Bertz CT molecular complexity index is 816. The monoisotopic (exact) mass is 368 g/mol. The second kappa shape index (κ2) is 7.91. The Hall–Kier alpha value is -2.69. The van der Waals surface area contributed by atoms with E-state index in [0.29, 0.717) is 24.9 Å². The van der Waals surface area contributed by atoms with Crippen LogP contribution in [0.25, 0.3) is 0 Å². The van der Waals surface area contributed by atoms with Crippen molar-refractivity contribution in [2.75, 3.05) is 0 Å². The quantitative estimate of drug-likeness (QED) is 0.758. The molecule has 3 rings (SSSR count). The summed E-state index contributed by atoms with van der Waals surface area (Å²) in [5, 5.41) is 2.75. The Balaban J connectivity index is 1.69. The van der Waals surface area contributed by atoms with Crippen LogP contribution in [0.5, 0.6) is 0 Å². The number of carbonyl (C=O) groups is 2. The summed E-state index contributed by atoms with van der Waals surface area (Å²) < 4.78 is 13.8. The Morgan fingerprint density at radius 2 is 1.70 bits per heavy atom. The summed E-state index contributed by atoms with van der Waals surface area (Å²) in [5.74, 6) is -0.816. The van der Waals surface area contributed by atoms with Crippen LogP contribution in [-0.4, -0.2) is 22.8 Å². The van der Waals surface area contributed by atoms with Crippen LogP contribution in [0.2, 0.25) is 0 Å². The predicted molar refractivity (Wildman–Crippen MR) is 102 cm³/mol. The number of hydrogen-bond donors (Lipinski definition) is 1. The van der Waals surface area contributed by atoms with Gasteiger partial charge in [0.2, 0.25) is 11.8 Å². The number of nitrogens with zero attached hydrogens (tertiary/aromatic N) is 1. The third kappa shape index (κ3) is 4.18. The van der Waals surface area contributed by atoms with Gasteiger partial charge >= 0.3 is 0 Å². The zero-order valence-electron chi connectivity index (χ0n) is 15.7. The van der Waals surface area contributed by atoms with Gasteiger partial charge in [-0.15, -0.1) is 0 Å². The standard InChI is InChI=1S/C22H25FN2O2/c1-16(2)25(15-17-8-4-3-5-9-17)21(27)22(12-13-22)20(26)24-14-18-10-6-7-11-19(18)23/h3-11,16H,12-15H2,1-2H3,(H,24,26). The molecule has 142 valence electrons. The van der Waals surface area contributed by atoms with Gasteiger partial charge in [0.1, 0.15) is 11.2 Å². The van der Waals surface area contributed by atoms with Gasteiger partial charge in [-0.2, -0.15) is 0 Å². The molecule has 4 nitrogen and oxygen atoms in total. The average molecular weight is 368 g/mol. The van der Waals surface area contributed by atoms with Crippen molar-refractivity contribution in [3.63, 3.8) is 0 Å². The minimum atomic E-state index is -1.01. The third-order valence-electron chi connectivity index (χ3n) is 5.07. The molecular formula is C22H25FN2O2. The highest BCUT2D eigenvalue weighted by Crippen LogP contribution is 2.48. The normalized spacial score (nSPS) is 14.7. The van der Waals surface area contributed by atoms with Crippen LogP contribution in [0.3, 0.4) is 0 Å². The first-order valence-electron chi connectivity index (χ1n) is 9.31. The maximum absolute atomic E-state index is 13.8. The van der Waals surface area contributed by atoms with Gasteiger partial charge in [0.05, 0.1) is 0 Å². The molecule has 0 aromatic heterocycles. The van der Waals surface area contributed by atoms with Gasteiger partial charge in [-0.05, 0) is 38.3 Å². The molecule has 0 spiro atoms. The maximum Gasteiger partial charge on any atom is 0.238 e. The SMILES string of the molecule is CC(C)N(Cc1ccccc1)C(=O)C1(C(=O)NCc2ccccc2F)CC1. The van der Waals surface area contributed by atoms with Crippen LogP contribution in [0.4, 0.5) is 4.39 Å². The summed E-state index contributed by atoms with van der Waals surface area (Å²) in [6, 6.07) is 16.1. The molecule has 2 aromatic carbocycles. The average Bonchev–Trinajstić information content (AvgIpc) is 3.47. The molecule has 2 aromatic rings. The summed E-state index contributed by atoms with van der Waals surface area (Å²) in [7, 11) is 0. The van der Waals surface area contributed by atoms with Crippen molar-refractivity contribution in [2.24, 2.45) is 5.41 Å². The predicted octanol–water partition coefficient (Wildman–Crippen LogP) is 3.66. The largest absolute Gasteiger partial charge is 0.351 e. The lowest BCUT2D eigenvalue weighted by molar-refractivity contribution is -0.146. The van der Waals surface area contributed by atoms with E-state index in [0.717, 1.165) is 5.56 Å². The van der Waals surface area contributed by atoms with Crippen molar-refractivity contribution >= 4 is 11.8 Å². The highest BCUT2D eigenvalue weighted by molar-refractivity contribution is 6.07. The third-order valence-corrected chi connectivity index (χ3v) is 5.07. The molecule has 1 aliphatic rings. The van der Waals surface area contributed by atoms with Gasteiger partial charge in [-0.1, -0.05) is 48.5 Å². The molecule has 0 heterocycles. The van der Waals surface area contributed by atoms with Crippen molar-refractivity contribution in [1.82, 2.24) is 10.2 Å². The first kappa shape index (κ1) is 19.1. The number of benzene rings is 2. The fourth-order valence-corrected chi connectivity index (χ4v) is 3.19. The fraction of sp³-hybridized carbons (Fsp3) is 0.364. The van der Waals surface area contributed by atoms with E-state index < -0.39 is 5.41 Å². The molecule has 1 saturated carbocycles. The number of carbonyl (C=O) groups excluding carboxylic acids is 2. The van der Waals surface area contributed by atoms with E-state index in [1.807, 2.05) is 44.2 Å². The second-order valence-electron chi connectivity index (χ2n) is 7.37. The van der Waals surface area contributed by atoms with Crippen molar-refractivity contribution in [3.05, 3.63) is 71.5 Å². The number of halogens is 1. The number of hydrogen-bond acceptors (Lipinski definition) is 2. The van der Waals surface area contributed by atoms with Crippen LogP contribution in [0, 0.1) is 11.2 Å². The lowest BCUT2D eigenvalue weighted by Gasteiger charge is -2.30. The van der Waals surface area contributed by atoms with Crippen LogP contribution < -0.4 is 5.32 Å². The van der Waals surface area contributed by atoms with Crippen LogP contribution in [-0.2, 0) is 22.7 Å². The molecule has 0 saturated heterocycles. The minimum absolute atomic E-state index is 0.0189. The van der Waals surface area contributed by atoms with Crippen LogP contribution in [0.1, 0.15) is 37.8 Å². The van der Waals surface area contributed by atoms with E-state index in [-0.39, 0.29) is 30.2 Å². The summed E-state index contributed by atoms with van der Waals surface area (Å²) in [6.07, 6.45) is 1.07. The molecule has 0 radical (unpaired) electrons. The highest BCUT2D eigenvalue weighted by Gasteiger charge is 2.58. The molecule has 0 aliphatic heterocycles. The molecule has 2 amide bonds. The van der Waals surface area contributed by atoms with Gasteiger partial charge < -0.3 is 10.2 Å². The molecule has 0 atom stereocenters. The Kier molecular flexibility index (Phi) is 5.59. The van der Waals surface area contributed by atoms with E-state index in [9.17, 15) is 14.0 Å². The number of rotatable bonds is 7. The Morgan fingerprint density at radius 3 is 2.30 bits per heavy atom. The van der Waals surface area contributed by atoms with E-state index in [1.54, 1.807) is 23.1 Å². The minimum Gasteiger partial charge on any atom is -0.351 e.